The van der Waals surface area contributed by atoms with E-state index in [1.165, 1.54) is 0 Å². The predicted molar refractivity (Wildman–Crippen MR) is 81.5 cm³/mol. The van der Waals surface area contributed by atoms with E-state index in [0.717, 1.165) is 28.3 Å². The lowest BCUT2D eigenvalue weighted by molar-refractivity contribution is 0.203. The van der Waals surface area contributed by atoms with Gasteiger partial charge < -0.3 is 10.5 Å². The standard InChI is InChI=1S/C15H23ClN2O/c1-5-11(7-15(17)18)19-14-8-12(9(2)3)13(16)6-10(14)4/h6,8-9,11H,5,7H2,1-4H3,(H3,17,18). The second-order valence-corrected chi connectivity index (χ2v) is 5.58. The Hall–Kier alpha value is -1.22. The smallest absolute Gasteiger partial charge is 0.123 e. The average Bonchev–Trinajstić information content (AvgIpc) is 2.30. The Morgan fingerprint density at radius 1 is 1.42 bits per heavy atom. The fraction of sp³-hybridized carbons (Fsp3) is 0.533. The highest BCUT2D eigenvalue weighted by molar-refractivity contribution is 6.31. The van der Waals surface area contributed by atoms with E-state index in [1.807, 2.05) is 26.0 Å². The number of rotatable bonds is 6. The first kappa shape index (κ1) is 15.8. The highest BCUT2D eigenvalue weighted by Gasteiger charge is 2.14. The molecule has 0 heterocycles. The van der Waals surface area contributed by atoms with Crippen LogP contribution >= 0.6 is 11.6 Å². The van der Waals surface area contributed by atoms with E-state index in [1.54, 1.807) is 0 Å². The van der Waals surface area contributed by atoms with E-state index >= 15 is 0 Å². The minimum atomic E-state index is -0.0580. The highest BCUT2D eigenvalue weighted by atomic mass is 35.5. The van der Waals surface area contributed by atoms with Crippen molar-refractivity contribution in [3.05, 3.63) is 28.3 Å². The molecule has 3 N–H and O–H groups in total. The maximum Gasteiger partial charge on any atom is 0.123 e. The van der Waals surface area contributed by atoms with Crippen LogP contribution in [0.1, 0.15) is 50.7 Å². The Morgan fingerprint density at radius 2 is 2.05 bits per heavy atom. The molecule has 0 radical (unpaired) electrons. The molecule has 19 heavy (non-hydrogen) atoms. The molecule has 0 aliphatic heterocycles. The molecule has 0 amide bonds. The van der Waals surface area contributed by atoms with Crippen LogP contribution in [0, 0.1) is 12.3 Å². The van der Waals surface area contributed by atoms with Crippen molar-refractivity contribution in [3.63, 3.8) is 0 Å². The average molecular weight is 283 g/mol. The second-order valence-electron chi connectivity index (χ2n) is 5.17. The summed E-state index contributed by atoms with van der Waals surface area (Å²) in [6.07, 6.45) is 1.21. The summed E-state index contributed by atoms with van der Waals surface area (Å²) in [5.41, 5.74) is 7.54. The van der Waals surface area contributed by atoms with Crippen molar-refractivity contribution in [3.8, 4) is 5.75 Å². The summed E-state index contributed by atoms with van der Waals surface area (Å²) in [5.74, 6) is 1.34. The Labute approximate surface area is 120 Å². The number of amidine groups is 1. The fourth-order valence-corrected chi connectivity index (χ4v) is 2.37. The number of ether oxygens (including phenoxy) is 1. The van der Waals surface area contributed by atoms with Crippen molar-refractivity contribution in [2.75, 3.05) is 0 Å². The molecule has 0 bridgehead atoms. The van der Waals surface area contributed by atoms with Crippen molar-refractivity contribution in [2.24, 2.45) is 5.73 Å². The molecule has 1 aromatic carbocycles. The number of hydrogen-bond donors (Lipinski definition) is 2. The number of aryl methyl sites for hydroxylation is 1. The maximum atomic E-state index is 7.37. The van der Waals surface area contributed by atoms with Crippen LogP contribution in [0.15, 0.2) is 12.1 Å². The quantitative estimate of drug-likeness (QED) is 0.605. The molecule has 0 spiro atoms. The first-order chi connectivity index (χ1) is 8.85. The van der Waals surface area contributed by atoms with Crippen LogP contribution in [0.4, 0.5) is 0 Å². The molecule has 1 aromatic rings. The molecule has 1 unspecified atom stereocenters. The van der Waals surface area contributed by atoms with Gasteiger partial charge in [0.15, 0.2) is 0 Å². The summed E-state index contributed by atoms with van der Waals surface area (Å²) < 4.78 is 5.97. The van der Waals surface area contributed by atoms with Crippen LogP contribution in [0.25, 0.3) is 0 Å². The van der Waals surface area contributed by atoms with E-state index in [-0.39, 0.29) is 11.9 Å². The van der Waals surface area contributed by atoms with Crippen LogP contribution in [0.3, 0.4) is 0 Å². The number of nitrogens with one attached hydrogen (secondary N) is 1. The first-order valence-corrected chi connectivity index (χ1v) is 7.02. The van der Waals surface area contributed by atoms with Crippen LogP contribution in [0.2, 0.25) is 5.02 Å². The summed E-state index contributed by atoms with van der Waals surface area (Å²) in [5, 5.41) is 8.15. The second kappa shape index (κ2) is 6.80. The molecular formula is C15H23ClN2O. The van der Waals surface area contributed by atoms with Gasteiger partial charge in [0.1, 0.15) is 11.9 Å². The summed E-state index contributed by atoms with van der Waals surface area (Å²) in [4.78, 5) is 0. The molecule has 0 aliphatic carbocycles. The highest BCUT2D eigenvalue weighted by Crippen LogP contribution is 2.32. The molecule has 1 atom stereocenters. The lowest BCUT2D eigenvalue weighted by atomic mass is 10.0. The molecule has 0 saturated heterocycles. The number of nitrogens with two attached hydrogens (primary N) is 1. The molecule has 3 nitrogen and oxygen atoms in total. The topological polar surface area (TPSA) is 59.1 Å². The van der Waals surface area contributed by atoms with E-state index in [9.17, 15) is 0 Å². The molecule has 1 rings (SSSR count). The molecule has 0 saturated carbocycles. The zero-order valence-corrected chi connectivity index (χ0v) is 12.8. The van der Waals surface area contributed by atoms with Gasteiger partial charge in [-0.25, -0.2) is 0 Å². The van der Waals surface area contributed by atoms with Gasteiger partial charge >= 0.3 is 0 Å². The van der Waals surface area contributed by atoms with Gasteiger partial charge in [-0.1, -0.05) is 32.4 Å². The third kappa shape index (κ3) is 4.43. The molecule has 0 aliphatic rings. The normalized spacial score (nSPS) is 12.5. The van der Waals surface area contributed by atoms with Gasteiger partial charge in [0.05, 0.1) is 5.84 Å². The molecule has 0 aromatic heterocycles. The van der Waals surface area contributed by atoms with E-state index in [0.29, 0.717) is 12.3 Å². The molecule has 106 valence electrons. The largest absolute Gasteiger partial charge is 0.490 e. The Bertz CT molecular complexity index is 458. The van der Waals surface area contributed by atoms with Crippen LogP contribution in [-0.2, 0) is 0 Å². The summed E-state index contributed by atoms with van der Waals surface area (Å²) >= 11 is 6.24. The van der Waals surface area contributed by atoms with Gasteiger partial charge in [0.25, 0.3) is 0 Å². The van der Waals surface area contributed by atoms with Crippen molar-refractivity contribution in [1.82, 2.24) is 0 Å². The van der Waals surface area contributed by atoms with E-state index < -0.39 is 0 Å². The zero-order valence-electron chi connectivity index (χ0n) is 12.1. The van der Waals surface area contributed by atoms with Crippen molar-refractivity contribution in [1.29, 1.82) is 5.41 Å². The van der Waals surface area contributed by atoms with Gasteiger partial charge in [-0.15, -0.1) is 0 Å². The lowest BCUT2D eigenvalue weighted by Crippen LogP contribution is -2.24. The molecule has 4 heteroatoms. The predicted octanol–water partition coefficient (Wildman–Crippen LogP) is 4.26. The SMILES string of the molecule is CCC(CC(=N)N)Oc1cc(C(C)C)c(Cl)cc1C. The van der Waals surface area contributed by atoms with Crippen molar-refractivity contribution >= 4 is 17.4 Å². The van der Waals surface area contributed by atoms with Gasteiger partial charge in [0, 0.05) is 11.4 Å². The monoisotopic (exact) mass is 282 g/mol. The number of hydrogen-bond acceptors (Lipinski definition) is 2. The third-order valence-electron chi connectivity index (χ3n) is 3.11. The fourth-order valence-electron chi connectivity index (χ4n) is 1.93. The Kier molecular flexibility index (Phi) is 5.67. The minimum Gasteiger partial charge on any atom is -0.490 e. The maximum absolute atomic E-state index is 7.37. The van der Waals surface area contributed by atoms with Gasteiger partial charge in [-0.3, -0.25) is 5.41 Å². The Morgan fingerprint density at radius 3 is 2.53 bits per heavy atom. The van der Waals surface area contributed by atoms with Crippen molar-refractivity contribution in [2.45, 2.75) is 52.6 Å². The van der Waals surface area contributed by atoms with E-state index in [4.69, 9.17) is 27.5 Å². The summed E-state index contributed by atoms with van der Waals surface area (Å²) in [6, 6.07) is 3.94. The summed E-state index contributed by atoms with van der Waals surface area (Å²) in [6.45, 7) is 8.22. The van der Waals surface area contributed by atoms with Gasteiger partial charge in [-0.2, -0.15) is 0 Å². The Balaban J connectivity index is 2.99. The van der Waals surface area contributed by atoms with Crippen molar-refractivity contribution < 1.29 is 4.74 Å². The molecular weight excluding hydrogens is 260 g/mol. The zero-order chi connectivity index (χ0) is 14.6. The molecule has 0 fully saturated rings. The van der Waals surface area contributed by atoms with Gasteiger partial charge in [0.2, 0.25) is 0 Å². The number of benzene rings is 1. The lowest BCUT2D eigenvalue weighted by Gasteiger charge is -2.20. The first-order valence-electron chi connectivity index (χ1n) is 6.64. The van der Waals surface area contributed by atoms with Crippen LogP contribution in [-0.4, -0.2) is 11.9 Å². The third-order valence-corrected chi connectivity index (χ3v) is 3.44. The van der Waals surface area contributed by atoms with Gasteiger partial charge in [-0.05, 0) is 42.5 Å². The van der Waals surface area contributed by atoms with Crippen LogP contribution in [0.5, 0.6) is 5.75 Å². The van der Waals surface area contributed by atoms with E-state index in [2.05, 4.69) is 13.8 Å². The number of halogens is 1. The van der Waals surface area contributed by atoms with Crippen LogP contribution < -0.4 is 10.5 Å². The minimum absolute atomic E-state index is 0.0580. The summed E-state index contributed by atoms with van der Waals surface area (Å²) in [7, 11) is 0.